The van der Waals surface area contributed by atoms with Crippen LogP contribution in [0.5, 0.6) is 11.5 Å². The molecule has 1 aromatic carbocycles. The second-order valence-corrected chi connectivity index (χ2v) is 4.69. The number of furan rings is 1. The van der Waals surface area contributed by atoms with Gasteiger partial charge in [-0.05, 0) is 30.7 Å². The van der Waals surface area contributed by atoms with E-state index in [9.17, 15) is 9.90 Å². The standard InChI is InChI=1S/C15H15NO5/c17-12(11-4-6-19-8-11)3-5-16-15(18)10-1-2-13-14(7-10)21-9-20-13/h1-2,4,6-8,12,17H,3,5,9H2,(H,16,18). The monoisotopic (exact) mass is 289 g/mol. The summed E-state index contributed by atoms with van der Waals surface area (Å²) in [4.78, 5) is 12.0. The molecule has 1 aliphatic heterocycles. The lowest BCUT2D eigenvalue weighted by Crippen LogP contribution is -2.25. The van der Waals surface area contributed by atoms with Gasteiger partial charge in [0.05, 0.1) is 18.6 Å². The van der Waals surface area contributed by atoms with Crippen LogP contribution in [0.3, 0.4) is 0 Å². The summed E-state index contributed by atoms with van der Waals surface area (Å²) in [6.45, 7) is 0.539. The summed E-state index contributed by atoms with van der Waals surface area (Å²) in [5.74, 6) is 0.996. The second kappa shape index (κ2) is 5.88. The molecule has 3 rings (SSSR count). The predicted molar refractivity (Wildman–Crippen MR) is 73.2 cm³/mol. The van der Waals surface area contributed by atoms with Gasteiger partial charge in [-0.1, -0.05) is 0 Å². The summed E-state index contributed by atoms with van der Waals surface area (Å²) in [5, 5.41) is 12.6. The zero-order chi connectivity index (χ0) is 14.7. The molecule has 6 nitrogen and oxygen atoms in total. The van der Waals surface area contributed by atoms with Crippen molar-refractivity contribution in [2.24, 2.45) is 0 Å². The quantitative estimate of drug-likeness (QED) is 0.878. The zero-order valence-corrected chi connectivity index (χ0v) is 11.2. The molecule has 1 amide bonds. The predicted octanol–water partition coefficient (Wildman–Crippen LogP) is 1.86. The van der Waals surface area contributed by atoms with Gasteiger partial charge >= 0.3 is 0 Å². The van der Waals surface area contributed by atoms with Crippen molar-refractivity contribution in [2.45, 2.75) is 12.5 Å². The number of carbonyl (C=O) groups is 1. The van der Waals surface area contributed by atoms with E-state index in [1.54, 1.807) is 24.3 Å². The number of benzene rings is 1. The number of ether oxygens (including phenoxy) is 2. The Morgan fingerprint density at radius 3 is 2.95 bits per heavy atom. The van der Waals surface area contributed by atoms with E-state index >= 15 is 0 Å². The molecule has 110 valence electrons. The van der Waals surface area contributed by atoms with E-state index in [1.807, 2.05) is 0 Å². The maximum absolute atomic E-state index is 12.0. The largest absolute Gasteiger partial charge is 0.472 e. The fourth-order valence-electron chi connectivity index (χ4n) is 2.09. The van der Waals surface area contributed by atoms with E-state index in [4.69, 9.17) is 13.9 Å². The lowest BCUT2D eigenvalue weighted by molar-refractivity contribution is 0.0942. The third-order valence-corrected chi connectivity index (χ3v) is 3.27. The van der Waals surface area contributed by atoms with Crippen molar-refractivity contribution in [3.63, 3.8) is 0 Å². The van der Waals surface area contributed by atoms with Gasteiger partial charge in [-0.15, -0.1) is 0 Å². The van der Waals surface area contributed by atoms with Crippen LogP contribution in [0.4, 0.5) is 0 Å². The van der Waals surface area contributed by atoms with Crippen LogP contribution in [0.25, 0.3) is 0 Å². The van der Waals surface area contributed by atoms with Crippen LogP contribution in [0.1, 0.15) is 28.4 Å². The first kappa shape index (κ1) is 13.5. The summed E-state index contributed by atoms with van der Waals surface area (Å²) in [6, 6.07) is 6.72. The Kier molecular flexibility index (Phi) is 3.79. The van der Waals surface area contributed by atoms with Crippen molar-refractivity contribution < 1.29 is 23.8 Å². The highest BCUT2D eigenvalue weighted by Crippen LogP contribution is 2.32. The van der Waals surface area contributed by atoms with Crippen molar-refractivity contribution in [3.05, 3.63) is 47.9 Å². The summed E-state index contributed by atoms with van der Waals surface area (Å²) >= 11 is 0. The second-order valence-electron chi connectivity index (χ2n) is 4.69. The first-order valence-electron chi connectivity index (χ1n) is 6.62. The van der Waals surface area contributed by atoms with Crippen molar-refractivity contribution in [3.8, 4) is 11.5 Å². The lowest BCUT2D eigenvalue weighted by atomic mass is 10.1. The first-order chi connectivity index (χ1) is 10.2. The highest BCUT2D eigenvalue weighted by molar-refractivity contribution is 5.94. The van der Waals surface area contributed by atoms with Gasteiger partial charge in [-0.3, -0.25) is 4.79 Å². The fourth-order valence-corrected chi connectivity index (χ4v) is 2.09. The molecule has 0 radical (unpaired) electrons. The van der Waals surface area contributed by atoms with Crippen LogP contribution in [0.2, 0.25) is 0 Å². The Balaban J connectivity index is 1.52. The van der Waals surface area contributed by atoms with Crippen molar-refractivity contribution in [2.75, 3.05) is 13.3 Å². The SMILES string of the molecule is O=C(NCCC(O)c1ccoc1)c1ccc2c(c1)OCO2. The number of hydrogen-bond donors (Lipinski definition) is 2. The average molecular weight is 289 g/mol. The summed E-state index contributed by atoms with van der Waals surface area (Å²) in [5.41, 5.74) is 1.20. The molecule has 2 heterocycles. The Bertz CT molecular complexity index is 623. The molecule has 2 N–H and O–H groups in total. The van der Waals surface area contributed by atoms with Gasteiger partial charge in [-0.25, -0.2) is 0 Å². The van der Waals surface area contributed by atoms with E-state index in [-0.39, 0.29) is 12.7 Å². The number of rotatable bonds is 5. The molecule has 0 bridgehead atoms. The molecule has 1 aliphatic rings. The number of carbonyl (C=O) groups excluding carboxylic acids is 1. The lowest BCUT2D eigenvalue weighted by Gasteiger charge is -2.09. The Morgan fingerprint density at radius 2 is 2.14 bits per heavy atom. The molecule has 0 aliphatic carbocycles. The topological polar surface area (TPSA) is 80.9 Å². The van der Waals surface area contributed by atoms with Crippen LogP contribution < -0.4 is 14.8 Å². The van der Waals surface area contributed by atoms with Crippen LogP contribution in [0.15, 0.2) is 41.2 Å². The minimum Gasteiger partial charge on any atom is -0.472 e. The summed E-state index contributed by atoms with van der Waals surface area (Å²) in [6.07, 6.45) is 2.75. The fraction of sp³-hybridized carbons (Fsp3) is 0.267. The van der Waals surface area contributed by atoms with Crippen molar-refractivity contribution in [1.29, 1.82) is 0 Å². The number of hydrogen-bond acceptors (Lipinski definition) is 5. The molecule has 1 unspecified atom stereocenters. The number of nitrogens with one attached hydrogen (secondary N) is 1. The van der Waals surface area contributed by atoms with Gasteiger partial charge in [0.1, 0.15) is 0 Å². The molecule has 21 heavy (non-hydrogen) atoms. The molecule has 6 heteroatoms. The van der Waals surface area contributed by atoms with E-state index in [0.29, 0.717) is 35.6 Å². The third-order valence-electron chi connectivity index (χ3n) is 3.27. The Labute approximate surface area is 121 Å². The average Bonchev–Trinajstić information content (AvgIpc) is 3.17. The summed E-state index contributed by atoms with van der Waals surface area (Å²) < 4.78 is 15.3. The normalized spacial score (nSPS) is 14.0. The maximum Gasteiger partial charge on any atom is 0.251 e. The van der Waals surface area contributed by atoms with Crippen molar-refractivity contribution in [1.82, 2.24) is 5.32 Å². The molecule has 1 atom stereocenters. The molecule has 0 saturated carbocycles. The smallest absolute Gasteiger partial charge is 0.251 e. The number of amides is 1. The Hall–Kier alpha value is -2.47. The van der Waals surface area contributed by atoms with Gasteiger partial charge in [0.15, 0.2) is 11.5 Å². The third kappa shape index (κ3) is 3.00. The molecule has 2 aromatic rings. The first-order valence-corrected chi connectivity index (χ1v) is 6.62. The minimum absolute atomic E-state index is 0.178. The van der Waals surface area contributed by atoms with E-state index in [0.717, 1.165) is 0 Å². The summed E-state index contributed by atoms with van der Waals surface area (Å²) in [7, 11) is 0. The molecular formula is C15H15NO5. The molecular weight excluding hydrogens is 274 g/mol. The zero-order valence-electron chi connectivity index (χ0n) is 11.2. The molecule has 0 saturated heterocycles. The van der Waals surface area contributed by atoms with Gasteiger partial charge in [-0.2, -0.15) is 0 Å². The number of aliphatic hydroxyl groups excluding tert-OH is 1. The van der Waals surface area contributed by atoms with Crippen LogP contribution in [0, 0.1) is 0 Å². The van der Waals surface area contributed by atoms with Gasteiger partial charge < -0.3 is 24.3 Å². The van der Waals surface area contributed by atoms with Gasteiger partial charge in [0.25, 0.3) is 5.91 Å². The number of fused-ring (bicyclic) bond motifs is 1. The highest BCUT2D eigenvalue weighted by atomic mass is 16.7. The molecule has 0 fully saturated rings. The van der Waals surface area contributed by atoms with Gasteiger partial charge in [0, 0.05) is 17.7 Å². The number of aliphatic hydroxyl groups is 1. The maximum atomic E-state index is 12.0. The highest BCUT2D eigenvalue weighted by Gasteiger charge is 2.16. The molecule has 0 spiro atoms. The van der Waals surface area contributed by atoms with E-state index in [2.05, 4.69) is 5.32 Å². The minimum atomic E-state index is -0.652. The van der Waals surface area contributed by atoms with Crippen LogP contribution >= 0.6 is 0 Å². The van der Waals surface area contributed by atoms with Gasteiger partial charge in [0.2, 0.25) is 6.79 Å². The Morgan fingerprint density at radius 1 is 1.29 bits per heavy atom. The van der Waals surface area contributed by atoms with E-state index in [1.165, 1.54) is 12.5 Å². The van der Waals surface area contributed by atoms with Crippen LogP contribution in [-0.2, 0) is 0 Å². The van der Waals surface area contributed by atoms with Crippen LogP contribution in [-0.4, -0.2) is 24.4 Å². The van der Waals surface area contributed by atoms with E-state index < -0.39 is 6.10 Å². The molecule has 1 aromatic heterocycles. The van der Waals surface area contributed by atoms with Crippen molar-refractivity contribution >= 4 is 5.91 Å².